The van der Waals surface area contributed by atoms with E-state index < -0.39 is 11.8 Å². The molecule has 0 saturated carbocycles. The van der Waals surface area contributed by atoms with Crippen LogP contribution in [0.5, 0.6) is 0 Å². The summed E-state index contributed by atoms with van der Waals surface area (Å²) in [4.78, 5) is 17.6. The van der Waals surface area contributed by atoms with Crippen LogP contribution in [0.15, 0.2) is 45.2 Å². The molecule has 9 heteroatoms. The lowest BCUT2D eigenvalue weighted by atomic mass is 9.96. The third kappa shape index (κ3) is 11.6. The van der Waals surface area contributed by atoms with Gasteiger partial charge >= 0.3 is 5.97 Å². The Kier molecular flexibility index (Phi) is 17.1. The molecule has 6 aromatic heterocycles. The number of ether oxygens (including phenoxy) is 1. The molecule has 0 N–H and O–H groups in total. The Labute approximate surface area is 398 Å². The highest BCUT2D eigenvalue weighted by Crippen LogP contribution is 2.54. The van der Waals surface area contributed by atoms with Gasteiger partial charge in [0.1, 0.15) is 27.9 Å². The number of rotatable bonds is 25. The Morgan fingerprint density at radius 2 is 1.20 bits per heavy atom. The van der Waals surface area contributed by atoms with Crippen LogP contribution in [0.25, 0.3) is 62.7 Å². The minimum atomic E-state index is -0.559. The molecular formula is C55H71FO4S4. The summed E-state index contributed by atoms with van der Waals surface area (Å²) in [6.07, 6.45) is 18.2. The summed E-state index contributed by atoms with van der Waals surface area (Å²) in [5.41, 5.74) is 2.21. The monoisotopic (exact) mass is 942 g/mol. The van der Waals surface area contributed by atoms with Crippen LogP contribution in [0, 0.1) is 43.3 Å². The minimum absolute atomic E-state index is 0.0707. The van der Waals surface area contributed by atoms with E-state index in [-0.39, 0.29) is 4.88 Å². The minimum Gasteiger partial charge on any atom is -0.461 e. The lowest BCUT2D eigenvalue weighted by molar-refractivity contribution is 0.0499. The van der Waals surface area contributed by atoms with Gasteiger partial charge in [0, 0.05) is 64.2 Å². The predicted octanol–water partition coefficient (Wildman–Crippen LogP) is 19.6. The molecule has 0 saturated heterocycles. The Balaban J connectivity index is 1.26. The van der Waals surface area contributed by atoms with Gasteiger partial charge in [-0.1, -0.05) is 119 Å². The van der Waals surface area contributed by atoms with Crippen molar-refractivity contribution in [2.24, 2.45) is 23.7 Å². The Hall–Kier alpha value is -3.24. The van der Waals surface area contributed by atoms with Crippen molar-refractivity contribution in [3.05, 3.63) is 68.4 Å². The lowest BCUT2D eigenvalue weighted by Gasteiger charge is -2.12. The van der Waals surface area contributed by atoms with E-state index in [0.717, 1.165) is 120 Å². The summed E-state index contributed by atoms with van der Waals surface area (Å²) in [6, 6.07) is 13.3. The van der Waals surface area contributed by atoms with Crippen molar-refractivity contribution in [1.82, 2.24) is 0 Å². The average molecular weight is 943 g/mol. The zero-order valence-electron chi connectivity index (χ0n) is 39.9. The van der Waals surface area contributed by atoms with Crippen molar-refractivity contribution in [2.75, 3.05) is 6.61 Å². The first-order chi connectivity index (χ1) is 30.8. The summed E-state index contributed by atoms with van der Waals surface area (Å²) in [6.45, 7) is 20.6. The van der Waals surface area contributed by atoms with Gasteiger partial charge in [-0.05, 0) is 93.2 Å². The molecule has 0 aliphatic carbocycles. The van der Waals surface area contributed by atoms with Crippen LogP contribution < -0.4 is 0 Å². The van der Waals surface area contributed by atoms with Gasteiger partial charge in [-0.25, -0.2) is 9.18 Å². The van der Waals surface area contributed by atoms with Gasteiger partial charge in [0.15, 0.2) is 5.82 Å². The molecule has 0 aliphatic heterocycles. The molecule has 0 amide bonds. The number of furan rings is 2. The number of benzene rings is 1. The van der Waals surface area contributed by atoms with E-state index in [1.807, 2.05) is 6.92 Å². The van der Waals surface area contributed by atoms with Crippen molar-refractivity contribution < 1.29 is 22.8 Å². The first-order valence-electron chi connectivity index (χ1n) is 24.4. The molecular weight excluding hydrogens is 872 g/mol. The van der Waals surface area contributed by atoms with Crippen LogP contribution in [0.2, 0.25) is 0 Å². The zero-order chi connectivity index (χ0) is 45.5. The second-order valence-corrected chi connectivity index (χ2v) is 24.1. The highest BCUT2D eigenvalue weighted by atomic mass is 32.1. The van der Waals surface area contributed by atoms with Gasteiger partial charge in [0.2, 0.25) is 0 Å². The smallest absolute Gasteiger partial charge is 0.351 e. The van der Waals surface area contributed by atoms with Gasteiger partial charge in [0.25, 0.3) is 0 Å². The molecule has 0 spiro atoms. The fourth-order valence-corrected chi connectivity index (χ4v) is 14.1. The van der Waals surface area contributed by atoms with E-state index in [1.165, 1.54) is 84.1 Å². The second kappa shape index (κ2) is 22.5. The third-order valence-corrected chi connectivity index (χ3v) is 17.7. The molecule has 346 valence electrons. The normalized spacial score (nSPS) is 13.2. The fraction of sp³-hybridized carbons (Fsp3) is 0.545. The Morgan fingerprint density at radius 3 is 1.80 bits per heavy atom. The van der Waals surface area contributed by atoms with Gasteiger partial charge in [-0.3, -0.25) is 0 Å². The number of esters is 1. The molecule has 4 nitrogen and oxygen atoms in total. The molecule has 7 aromatic rings. The average Bonchev–Trinajstić information content (AvgIpc) is 4.12. The van der Waals surface area contributed by atoms with Crippen LogP contribution in [0.4, 0.5) is 4.39 Å². The summed E-state index contributed by atoms with van der Waals surface area (Å²) >= 11 is 6.38. The zero-order valence-corrected chi connectivity index (χ0v) is 43.2. The van der Waals surface area contributed by atoms with E-state index >= 15 is 4.39 Å². The molecule has 2 atom stereocenters. The van der Waals surface area contributed by atoms with E-state index in [0.29, 0.717) is 23.8 Å². The molecule has 64 heavy (non-hydrogen) atoms. The molecule has 2 unspecified atom stereocenters. The SMILES string of the molecule is CCCCCCCCOC(=O)c1sc2c(-c3cc4c(-c5ccc(CCC(C)CCCC(C)C)o5)c5sc(C)cc5c(-c5ccc(CCC(C)CCCC(C)C)o5)c4s3)sc(C)c2c1F. The number of fused-ring (bicyclic) bond motifs is 3. The van der Waals surface area contributed by atoms with Crippen molar-refractivity contribution >= 4 is 81.6 Å². The van der Waals surface area contributed by atoms with E-state index in [9.17, 15) is 4.79 Å². The Bertz CT molecular complexity index is 2490. The highest BCUT2D eigenvalue weighted by molar-refractivity contribution is 7.31. The first-order valence-corrected chi connectivity index (χ1v) is 27.7. The van der Waals surface area contributed by atoms with Crippen molar-refractivity contribution in [1.29, 1.82) is 0 Å². The maximum absolute atomic E-state index is 16.3. The topological polar surface area (TPSA) is 52.6 Å². The second-order valence-electron chi connectivity index (χ2n) is 19.5. The number of thiophene rings is 4. The molecule has 0 radical (unpaired) electrons. The highest BCUT2D eigenvalue weighted by Gasteiger charge is 2.29. The van der Waals surface area contributed by atoms with E-state index in [1.54, 1.807) is 34.0 Å². The first kappa shape index (κ1) is 48.7. The fourth-order valence-electron chi connectivity index (χ4n) is 9.14. The number of hydrogen-bond acceptors (Lipinski definition) is 8. The molecule has 0 fully saturated rings. The number of carbonyl (C=O) groups is 1. The van der Waals surface area contributed by atoms with Crippen LogP contribution in [-0.4, -0.2) is 12.6 Å². The van der Waals surface area contributed by atoms with Crippen LogP contribution in [0.3, 0.4) is 0 Å². The van der Waals surface area contributed by atoms with E-state index in [2.05, 4.69) is 91.8 Å². The number of aryl methyl sites for hydroxylation is 4. The molecule has 0 aliphatic rings. The van der Waals surface area contributed by atoms with Crippen LogP contribution in [0.1, 0.15) is 169 Å². The Morgan fingerprint density at radius 1 is 0.641 bits per heavy atom. The molecule has 1 aromatic carbocycles. The van der Waals surface area contributed by atoms with Crippen LogP contribution >= 0.6 is 45.3 Å². The number of carbonyl (C=O) groups excluding carboxylic acids is 1. The molecule has 7 rings (SSSR count). The molecule has 6 heterocycles. The van der Waals surface area contributed by atoms with Crippen molar-refractivity contribution in [3.63, 3.8) is 0 Å². The van der Waals surface area contributed by atoms with Crippen molar-refractivity contribution in [2.45, 2.75) is 165 Å². The van der Waals surface area contributed by atoms with Crippen LogP contribution in [-0.2, 0) is 17.6 Å². The largest absolute Gasteiger partial charge is 0.461 e. The van der Waals surface area contributed by atoms with Gasteiger partial charge in [-0.2, -0.15) is 0 Å². The summed E-state index contributed by atoms with van der Waals surface area (Å²) < 4.78 is 38.7. The standard InChI is InChI=1S/C55H71FO4S4/c1-10-11-12-13-14-15-30-58-55(57)54-49(56)46-38(9)62-52(53(46)64-54)45-32-42-48(44-29-27-40(60-44)25-23-36(7)21-17-19-34(4)5)50-41(31-37(8)61-50)47(51(42)63-45)43-28-26-39(59-43)24-22-35(6)20-16-18-33(2)3/h26-29,31-36H,10-25,30H2,1-9H3. The van der Waals surface area contributed by atoms with Crippen molar-refractivity contribution in [3.8, 4) is 32.4 Å². The van der Waals surface area contributed by atoms with Gasteiger partial charge in [0.05, 0.1) is 16.2 Å². The maximum atomic E-state index is 16.3. The maximum Gasteiger partial charge on any atom is 0.351 e. The predicted molar refractivity (Wildman–Crippen MR) is 277 cm³/mol. The summed E-state index contributed by atoms with van der Waals surface area (Å²) in [5, 5.41) is 2.82. The molecule has 0 bridgehead atoms. The van der Waals surface area contributed by atoms with Gasteiger partial charge < -0.3 is 13.6 Å². The van der Waals surface area contributed by atoms with E-state index in [4.69, 9.17) is 13.6 Å². The quantitative estimate of drug-likeness (QED) is 0.0423. The number of halogens is 1. The number of hydrogen-bond donors (Lipinski definition) is 0. The summed E-state index contributed by atoms with van der Waals surface area (Å²) in [7, 11) is 0. The number of unbranched alkanes of at least 4 members (excludes halogenated alkanes) is 5. The summed E-state index contributed by atoms with van der Waals surface area (Å²) in [5.74, 6) is 5.57. The lowest BCUT2D eigenvalue weighted by Crippen LogP contribution is -2.06. The van der Waals surface area contributed by atoms with Gasteiger partial charge in [-0.15, -0.1) is 45.3 Å². The third-order valence-electron chi connectivity index (χ3n) is 12.9.